The lowest BCUT2D eigenvalue weighted by Crippen LogP contribution is -2.29. The van der Waals surface area contributed by atoms with E-state index < -0.39 is 0 Å². The second kappa shape index (κ2) is 5.27. The first-order valence-electron chi connectivity index (χ1n) is 5.08. The summed E-state index contributed by atoms with van der Waals surface area (Å²) in [5.74, 6) is 5.28. The third-order valence-electron chi connectivity index (χ3n) is 2.67. The molecule has 2 nitrogen and oxygen atoms in total. The van der Waals surface area contributed by atoms with Gasteiger partial charge in [-0.2, -0.15) is 11.3 Å². The van der Waals surface area contributed by atoms with Crippen molar-refractivity contribution in [1.29, 1.82) is 0 Å². The fraction of sp³-hybridized carbons (Fsp3) is 0.167. The van der Waals surface area contributed by atoms with Crippen LogP contribution in [0.1, 0.15) is 22.7 Å². The monoisotopic (exact) mass is 314 g/mol. The number of nitrogens with one attached hydrogen (secondary N) is 1. The van der Waals surface area contributed by atoms with E-state index in [1.807, 2.05) is 17.7 Å². The van der Waals surface area contributed by atoms with Gasteiger partial charge in [0.2, 0.25) is 0 Å². The van der Waals surface area contributed by atoms with E-state index in [9.17, 15) is 4.39 Å². The van der Waals surface area contributed by atoms with Crippen LogP contribution in [0.3, 0.4) is 0 Å². The van der Waals surface area contributed by atoms with E-state index in [1.54, 1.807) is 29.5 Å². The minimum atomic E-state index is -0.321. The van der Waals surface area contributed by atoms with Crippen LogP contribution in [0.2, 0.25) is 0 Å². The second-order valence-electron chi connectivity index (χ2n) is 3.75. The summed E-state index contributed by atoms with van der Waals surface area (Å²) in [6.45, 7) is 1.99. The zero-order chi connectivity index (χ0) is 12.4. The largest absolute Gasteiger partial charge is 0.271 e. The first-order chi connectivity index (χ1) is 8.15. The predicted molar refractivity (Wildman–Crippen MR) is 72.3 cm³/mol. The van der Waals surface area contributed by atoms with Crippen molar-refractivity contribution in [3.63, 3.8) is 0 Å². The lowest BCUT2D eigenvalue weighted by Gasteiger charge is -2.17. The van der Waals surface area contributed by atoms with Crippen molar-refractivity contribution in [1.82, 2.24) is 5.43 Å². The molecule has 1 aromatic carbocycles. The molecule has 0 amide bonds. The van der Waals surface area contributed by atoms with Crippen LogP contribution in [0, 0.1) is 12.7 Å². The number of hydrogen-bond donors (Lipinski definition) is 2. The van der Waals surface area contributed by atoms with Crippen LogP contribution >= 0.6 is 27.3 Å². The van der Waals surface area contributed by atoms with Gasteiger partial charge >= 0.3 is 0 Å². The van der Waals surface area contributed by atoms with Crippen molar-refractivity contribution in [2.75, 3.05) is 0 Å². The summed E-state index contributed by atoms with van der Waals surface area (Å²) in [7, 11) is 0. The van der Waals surface area contributed by atoms with Gasteiger partial charge in [-0.15, -0.1) is 0 Å². The Kier molecular flexibility index (Phi) is 3.93. The van der Waals surface area contributed by atoms with Crippen LogP contribution in [0.15, 0.2) is 33.4 Å². The highest BCUT2D eigenvalue weighted by molar-refractivity contribution is 9.10. The molecular weight excluding hydrogens is 303 g/mol. The van der Waals surface area contributed by atoms with Gasteiger partial charge in [-0.3, -0.25) is 5.84 Å². The Morgan fingerprint density at radius 2 is 2.12 bits per heavy atom. The molecule has 0 saturated carbocycles. The number of hydrazine groups is 1. The lowest BCUT2D eigenvalue weighted by atomic mass is 9.99. The SMILES string of the molecule is Cc1cscc1C(NN)c1cccc(Br)c1F. The normalized spacial score (nSPS) is 12.7. The van der Waals surface area contributed by atoms with Crippen LogP contribution in [-0.2, 0) is 0 Å². The van der Waals surface area contributed by atoms with Gasteiger partial charge in [0.25, 0.3) is 0 Å². The Labute approximate surface area is 112 Å². The molecule has 0 aliphatic rings. The first kappa shape index (κ1) is 12.7. The van der Waals surface area contributed by atoms with E-state index in [0.29, 0.717) is 10.0 Å². The number of thiophene rings is 1. The molecular formula is C12H12BrFN2S. The van der Waals surface area contributed by atoms with Gasteiger partial charge in [-0.25, -0.2) is 9.82 Å². The van der Waals surface area contributed by atoms with E-state index >= 15 is 0 Å². The summed E-state index contributed by atoms with van der Waals surface area (Å²) in [6, 6.07) is 4.89. The second-order valence-corrected chi connectivity index (χ2v) is 5.35. The molecule has 1 heterocycles. The lowest BCUT2D eigenvalue weighted by molar-refractivity contribution is 0.555. The van der Waals surface area contributed by atoms with Crippen molar-refractivity contribution in [3.05, 3.63) is 55.9 Å². The molecule has 17 heavy (non-hydrogen) atoms. The summed E-state index contributed by atoms with van der Waals surface area (Å²) in [5.41, 5.74) is 5.34. The van der Waals surface area contributed by atoms with Gasteiger partial charge < -0.3 is 0 Å². The standard InChI is InChI=1S/C12H12BrFN2S/c1-7-5-17-6-9(7)12(16-15)8-3-2-4-10(13)11(8)14/h2-6,12,16H,15H2,1H3. The minimum absolute atomic E-state index is 0.277. The zero-order valence-corrected chi connectivity index (χ0v) is 11.6. The maximum atomic E-state index is 14.0. The van der Waals surface area contributed by atoms with E-state index in [1.165, 1.54) is 0 Å². The van der Waals surface area contributed by atoms with Gasteiger partial charge in [-0.05, 0) is 50.8 Å². The molecule has 2 aromatic rings. The summed E-state index contributed by atoms with van der Waals surface area (Å²) < 4.78 is 14.5. The number of rotatable bonds is 3. The molecule has 0 aliphatic heterocycles. The van der Waals surface area contributed by atoms with Crippen molar-refractivity contribution in [2.45, 2.75) is 13.0 Å². The highest BCUT2D eigenvalue weighted by atomic mass is 79.9. The number of benzene rings is 1. The number of nitrogens with two attached hydrogens (primary N) is 1. The van der Waals surface area contributed by atoms with Crippen LogP contribution in [0.5, 0.6) is 0 Å². The third-order valence-corrected chi connectivity index (χ3v) is 4.16. The van der Waals surface area contributed by atoms with Gasteiger partial charge in [0, 0.05) is 5.56 Å². The van der Waals surface area contributed by atoms with Gasteiger partial charge in [0.05, 0.1) is 10.5 Å². The Bertz CT molecular complexity index is 527. The zero-order valence-electron chi connectivity index (χ0n) is 9.21. The Hall–Kier alpha value is -0.750. The van der Waals surface area contributed by atoms with E-state index in [0.717, 1.165) is 11.1 Å². The van der Waals surface area contributed by atoms with Gasteiger partial charge in [-0.1, -0.05) is 12.1 Å². The summed E-state index contributed by atoms with van der Waals surface area (Å²) in [4.78, 5) is 0. The molecule has 5 heteroatoms. The van der Waals surface area contributed by atoms with E-state index in [4.69, 9.17) is 5.84 Å². The molecule has 3 N–H and O–H groups in total. The van der Waals surface area contributed by atoms with E-state index in [2.05, 4.69) is 21.4 Å². The Morgan fingerprint density at radius 3 is 2.71 bits per heavy atom. The fourth-order valence-corrected chi connectivity index (χ4v) is 3.01. The molecule has 1 atom stereocenters. The molecule has 0 bridgehead atoms. The first-order valence-corrected chi connectivity index (χ1v) is 6.81. The maximum Gasteiger partial charge on any atom is 0.142 e. The summed E-state index contributed by atoms with van der Waals surface area (Å²) >= 11 is 4.77. The highest BCUT2D eigenvalue weighted by Gasteiger charge is 2.19. The number of hydrogen-bond acceptors (Lipinski definition) is 3. The smallest absolute Gasteiger partial charge is 0.142 e. The molecule has 1 unspecified atom stereocenters. The van der Waals surface area contributed by atoms with Crippen LogP contribution in [0.25, 0.3) is 0 Å². The molecule has 0 radical (unpaired) electrons. The predicted octanol–water partition coefficient (Wildman–Crippen LogP) is 3.51. The van der Waals surface area contributed by atoms with Crippen molar-refractivity contribution >= 4 is 27.3 Å². The molecule has 0 aliphatic carbocycles. The van der Waals surface area contributed by atoms with Gasteiger partial charge in [0.15, 0.2) is 0 Å². The molecule has 2 rings (SSSR count). The number of aryl methyl sites for hydroxylation is 1. The fourth-order valence-electron chi connectivity index (χ4n) is 1.76. The van der Waals surface area contributed by atoms with Crippen LogP contribution in [-0.4, -0.2) is 0 Å². The summed E-state index contributed by atoms with van der Waals surface area (Å²) in [6.07, 6.45) is 0. The van der Waals surface area contributed by atoms with Crippen molar-refractivity contribution < 1.29 is 4.39 Å². The highest BCUT2D eigenvalue weighted by Crippen LogP contribution is 2.30. The molecule has 90 valence electrons. The third kappa shape index (κ3) is 2.42. The quantitative estimate of drug-likeness (QED) is 0.672. The molecule has 0 saturated heterocycles. The topological polar surface area (TPSA) is 38.0 Å². The maximum absolute atomic E-state index is 14.0. The number of halogens is 2. The van der Waals surface area contributed by atoms with Crippen LogP contribution < -0.4 is 11.3 Å². The minimum Gasteiger partial charge on any atom is -0.271 e. The summed E-state index contributed by atoms with van der Waals surface area (Å²) in [5, 5.41) is 4.01. The van der Waals surface area contributed by atoms with Crippen molar-refractivity contribution in [3.8, 4) is 0 Å². The Balaban J connectivity index is 2.50. The Morgan fingerprint density at radius 1 is 1.35 bits per heavy atom. The molecule has 0 fully saturated rings. The van der Waals surface area contributed by atoms with E-state index in [-0.39, 0.29) is 11.9 Å². The van der Waals surface area contributed by atoms with Gasteiger partial charge in [0.1, 0.15) is 5.82 Å². The van der Waals surface area contributed by atoms with Crippen LogP contribution in [0.4, 0.5) is 4.39 Å². The molecule has 0 spiro atoms. The average molecular weight is 315 g/mol. The van der Waals surface area contributed by atoms with Crippen molar-refractivity contribution in [2.24, 2.45) is 5.84 Å². The molecule has 1 aromatic heterocycles. The average Bonchev–Trinajstić information content (AvgIpc) is 2.72.